The lowest BCUT2D eigenvalue weighted by atomic mass is 9.62. The minimum atomic E-state index is -1.71. The quantitative estimate of drug-likeness (QED) is 0.226. The summed E-state index contributed by atoms with van der Waals surface area (Å²) in [7, 11) is 1.15. The molecular weight excluding hydrogens is 612 g/mol. The number of benzene rings is 3. The Balaban J connectivity index is 1.93. The van der Waals surface area contributed by atoms with Crippen molar-refractivity contribution in [1.82, 2.24) is 4.90 Å². The van der Waals surface area contributed by atoms with Crippen LogP contribution in [0.25, 0.3) is 0 Å². The lowest BCUT2D eigenvalue weighted by molar-refractivity contribution is 0.0595. The van der Waals surface area contributed by atoms with Gasteiger partial charge in [-0.15, -0.1) is 0 Å². The van der Waals surface area contributed by atoms with E-state index < -0.39 is 58.9 Å². The Kier molecular flexibility index (Phi) is 10.0. The summed E-state index contributed by atoms with van der Waals surface area (Å²) in [6.07, 6.45) is 0.335. The highest BCUT2D eigenvalue weighted by molar-refractivity contribution is 6.31. The first-order chi connectivity index (χ1) is 20.8. The Bertz CT molecular complexity index is 1670. The smallest absolute Gasteiger partial charge is 0.340 e. The van der Waals surface area contributed by atoms with Gasteiger partial charge in [-0.05, 0) is 53.8 Å². The average Bonchev–Trinajstić information content (AvgIpc) is 3.21. The lowest BCUT2D eigenvalue weighted by Gasteiger charge is -2.39. The topological polar surface area (TPSA) is 73.6 Å². The molecule has 0 saturated carbocycles. The van der Waals surface area contributed by atoms with Crippen LogP contribution in [0, 0.1) is 46.0 Å². The van der Waals surface area contributed by atoms with Crippen LogP contribution in [-0.4, -0.2) is 48.3 Å². The van der Waals surface area contributed by atoms with E-state index in [1.807, 2.05) is 20.8 Å². The van der Waals surface area contributed by atoms with E-state index in [1.165, 1.54) is 36.4 Å². The Labute approximate surface area is 265 Å². The van der Waals surface area contributed by atoms with Crippen molar-refractivity contribution in [3.63, 3.8) is 0 Å². The number of likely N-dealkylation sites (tertiary alicyclic amines) is 1. The van der Waals surface area contributed by atoms with E-state index in [0.717, 1.165) is 19.2 Å². The number of carbonyl (C=O) groups excluding carboxylic acids is 1. The van der Waals surface area contributed by atoms with E-state index in [0.29, 0.717) is 6.42 Å². The van der Waals surface area contributed by atoms with Gasteiger partial charge in [0.15, 0.2) is 0 Å². The van der Waals surface area contributed by atoms with E-state index in [1.54, 1.807) is 11.0 Å². The largest absolute Gasteiger partial charge is 0.465 e. The molecular formula is C34H31Cl2F3N2O3. The van der Waals surface area contributed by atoms with Crippen LogP contribution in [0.4, 0.5) is 13.2 Å². The van der Waals surface area contributed by atoms with E-state index in [4.69, 9.17) is 23.2 Å². The van der Waals surface area contributed by atoms with E-state index in [2.05, 4.69) is 22.6 Å². The van der Waals surface area contributed by atoms with Gasteiger partial charge in [0.1, 0.15) is 22.9 Å². The number of hydrogen-bond acceptors (Lipinski definition) is 5. The summed E-state index contributed by atoms with van der Waals surface area (Å²) in [6.45, 7) is 5.34. The van der Waals surface area contributed by atoms with Gasteiger partial charge in [-0.1, -0.05) is 74.0 Å². The molecule has 3 aromatic rings. The molecule has 0 aromatic heterocycles. The molecule has 4 atom stereocenters. The van der Waals surface area contributed by atoms with Crippen molar-refractivity contribution in [2.75, 3.05) is 20.3 Å². The number of aliphatic hydroxyl groups excluding tert-OH is 1. The zero-order valence-electron chi connectivity index (χ0n) is 24.6. The fraction of sp³-hybridized carbons (Fsp3) is 0.353. The number of aliphatic hydroxyl groups is 1. The fourth-order valence-electron chi connectivity index (χ4n) is 6.18. The molecule has 0 amide bonds. The highest BCUT2D eigenvalue weighted by Gasteiger charge is 2.62. The van der Waals surface area contributed by atoms with E-state index >= 15 is 8.78 Å². The fourth-order valence-corrected chi connectivity index (χ4v) is 6.52. The third-order valence-electron chi connectivity index (χ3n) is 7.97. The molecule has 0 bridgehead atoms. The van der Waals surface area contributed by atoms with Crippen LogP contribution in [0.3, 0.4) is 0 Å². The Hall–Kier alpha value is -3.53. The van der Waals surface area contributed by atoms with Gasteiger partial charge >= 0.3 is 5.97 Å². The highest BCUT2D eigenvalue weighted by Crippen LogP contribution is 2.56. The number of halogens is 5. The van der Waals surface area contributed by atoms with Gasteiger partial charge in [0.2, 0.25) is 0 Å². The van der Waals surface area contributed by atoms with Crippen LogP contribution in [0.15, 0.2) is 54.6 Å². The molecule has 5 nitrogen and oxygen atoms in total. The van der Waals surface area contributed by atoms with Gasteiger partial charge in [-0.25, -0.2) is 18.0 Å². The Morgan fingerprint density at radius 1 is 1.09 bits per heavy atom. The first-order valence-electron chi connectivity index (χ1n) is 13.8. The number of ether oxygens (including phenoxy) is 1. The minimum absolute atomic E-state index is 0.0115. The second kappa shape index (κ2) is 13.2. The Morgan fingerprint density at radius 2 is 1.82 bits per heavy atom. The maximum absolute atomic E-state index is 15.9. The summed E-state index contributed by atoms with van der Waals surface area (Å²) in [6, 6.07) is 13.0. The molecule has 230 valence electrons. The molecule has 10 heteroatoms. The van der Waals surface area contributed by atoms with Gasteiger partial charge < -0.3 is 9.84 Å². The molecule has 0 unspecified atom stereocenters. The van der Waals surface area contributed by atoms with Crippen molar-refractivity contribution >= 4 is 29.2 Å². The van der Waals surface area contributed by atoms with Gasteiger partial charge in [-0.2, -0.15) is 5.26 Å². The van der Waals surface area contributed by atoms with Gasteiger partial charge in [0.05, 0.1) is 36.9 Å². The summed E-state index contributed by atoms with van der Waals surface area (Å²) in [5, 5.41) is 21.8. The zero-order chi connectivity index (χ0) is 32.4. The van der Waals surface area contributed by atoms with Crippen molar-refractivity contribution in [3.05, 3.63) is 104 Å². The van der Waals surface area contributed by atoms with Crippen molar-refractivity contribution in [3.8, 4) is 17.9 Å². The highest BCUT2D eigenvalue weighted by atomic mass is 35.5. The Morgan fingerprint density at radius 3 is 2.41 bits per heavy atom. The number of methoxy groups -OCH3 is 1. The summed E-state index contributed by atoms with van der Waals surface area (Å²) < 4.78 is 50.8. The molecule has 1 N–H and O–H groups in total. The minimum Gasteiger partial charge on any atom is -0.465 e. The summed E-state index contributed by atoms with van der Waals surface area (Å²) in [5.74, 6) is 1.65. The molecule has 1 aliphatic heterocycles. The molecule has 0 spiro atoms. The normalized spacial score (nSPS) is 21.8. The predicted molar refractivity (Wildman–Crippen MR) is 163 cm³/mol. The van der Waals surface area contributed by atoms with E-state index in [9.17, 15) is 19.6 Å². The maximum Gasteiger partial charge on any atom is 0.340 e. The summed E-state index contributed by atoms with van der Waals surface area (Å²) >= 11 is 12.3. The van der Waals surface area contributed by atoms with Crippen molar-refractivity contribution in [2.45, 2.75) is 50.6 Å². The van der Waals surface area contributed by atoms with Crippen molar-refractivity contribution < 1.29 is 27.8 Å². The van der Waals surface area contributed by atoms with Crippen LogP contribution in [0.2, 0.25) is 10.0 Å². The second-order valence-corrected chi connectivity index (χ2v) is 12.8. The summed E-state index contributed by atoms with van der Waals surface area (Å²) in [4.78, 5) is 13.6. The molecule has 0 radical (unpaired) electrons. The van der Waals surface area contributed by atoms with Crippen LogP contribution in [0.5, 0.6) is 0 Å². The third-order valence-corrected chi connectivity index (χ3v) is 8.49. The molecule has 44 heavy (non-hydrogen) atoms. The molecule has 3 aromatic carbocycles. The van der Waals surface area contributed by atoms with Crippen LogP contribution < -0.4 is 0 Å². The number of nitrogens with zero attached hydrogens (tertiary/aromatic N) is 2. The van der Waals surface area contributed by atoms with E-state index in [-0.39, 0.29) is 38.8 Å². The SMILES string of the molecule is COC(=O)c1ccc(C#CCN2[C@@H](CC(C)(C)C)[C@](C#N)(c3ccc(Cl)cc3F)[C@@H](c3cccc(Cl)c3F)[C@@H]2CO)cc1F. The molecule has 1 saturated heterocycles. The first kappa shape index (κ1) is 33.4. The van der Waals surface area contributed by atoms with Gasteiger partial charge in [0, 0.05) is 34.2 Å². The van der Waals surface area contributed by atoms with Crippen LogP contribution in [0.1, 0.15) is 60.2 Å². The van der Waals surface area contributed by atoms with Gasteiger partial charge in [0.25, 0.3) is 0 Å². The number of esters is 1. The lowest BCUT2D eigenvalue weighted by Crippen LogP contribution is -2.46. The standard InChI is InChI=1S/C34H31Cl2F3N2O3/c1-33(2,3)17-29-34(19-40,24-13-11-21(35)16-27(24)38)30(23-8-5-9-25(36)31(23)39)28(18-42)41(29)14-6-7-20-10-12-22(26(37)15-20)32(43)44-4/h5,8-13,15-16,28-30,42H,14,17-18H2,1-4H3/t28-,29-,30-,34-/m0/s1. The van der Waals surface area contributed by atoms with Crippen molar-refractivity contribution in [2.24, 2.45) is 5.41 Å². The third kappa shape index (κ3) is 6.32. The second-order valence-electron chi connectivity index (χ2n) is 11.9. The molecule has 1 aliphatic rings. The summed E-state index contributed by atoms with van der Waals surface area (Å²) in [5.41, 5.74) is -2.01. The number of rotatable bonds is 6. The predicted octanol–water partition coefficient (Wildman–Crippen LogP) is 7.28. The van der Waals surface area contributed by atoms with Gasteiger partial charge in [-0.3, -0.25) is 4.90 Å². The van der Waals surface area contributed by atoms with Crippen LogP contribution >= 0.6 is 23.2 Å². The first-order valence-corrected chi connectivity index (χ1v) is 14.6. The number of carbonyl (C=O) groups is 1. The molecule has 0 aliphatic carbocycles. The number of hydrogen-bond donors (Lipinski definition) is 1. The van der Waals surface area contributed by atoms with Crippen molar-refractivity contribution in [1.29, 1.82) is 5.26 Å². The zero-order valence-corrected chi connectivity index (χ0v) is 26.1. The average molecular weight is 644 g/mol. The monoisotopic (exact) mass is 642 g/mol. The molecule has 4 rings (SSSR count). The molecule has 1 heterocycles. The number of nitriles is 1. The maximum atomic E-state index is 15.9. The molecule has 1 fully saturated rings. The van der Waals surface area contributed by atoms with Crippen LogP contribution in [-0.2, 0) is 10.2 Å².